The van der Waals surface area contributed by atoms with E-state index in [9.17, 15) is 13.9 Å². The Hall–Kier alpha value is -1.00. The highest BCUT2D eigenvalue weighted by atomic mass is 19.1. The Bertz CT molecular complexity index is 444. The summed E-state index contributed by atoms with van der Waals surface area (Å²) in [6.07, 6.45) is 3.31. The number of aliphatic hydroxyl groups excluding tert-OH is 1. The molecule has 106 valence electrons. The summed E-state index contributed by atoms with van der Waals surface area (Å²) >= 11 is 0. The van der Waals surface area contributed by atoms with Crippen LogP contribution in [-0.4, -0.2) is 17.8 Å². The molecule has 0 saturated heterocycles. The maximum absolute atomic E-state index is 13.9. The Morgan fingerprint density at radius 2 is 1.95 bits per heavy atom. The first-order valence-electron chi connectivity index (χ1n) is 6.81. The third-order valence-corrected chi connectivity index (χ3v) is 4.46. The van der Waals surface area contributed by atoms with Crippen molar-refractivity contribution in [2.45, 2.75) is 44.6 Å². The van der Waals surface area contributed by atoms with E-state index in [4.69, 9.17) is 5.73 Å². The van der Waals surface area contributed by atoms with Gasteiger partial charge in [-0.05, 0) is 29.9 Å². The third kappa shape index (κ3) is 2.79. The minimum Gasteiger partial charge on any atom is -0.392 e. The van der Waals surface area contributed by atoms with Gasteiger partial charge in [0.05, 0.1) is 6.10 Å². The van der Waals surface area contributed by atoms with Crippen molar-refractivity contribution in [3.05, 3.63) is 35.4 Å². The fourth-order valence-corrected chi connectivity index (χ4v) is 3.19. The van der Waals surface area contributed by atoms with Gasteiger partial charge in [-0.3, -0.25) is 0 Å². The van der Waals surface area contributed by atoms with Crippen molar-refractivity contribution in [1.29, 1.82) is 0 Å². The molecule has 0 amide bonds. The Morgan fingerprint density at radius 1 is 1.32 bits per heavy atom. The number of halogens is 2. The van der Waals surface area contributed by atoms with Crippen molar-refractivity contribution in [3.63, 3.8) is 0 Å². The highest BCUT2D eigenvalue weighted by molar-refractivity contribution is 5.25. The van der Waals surface area contributed by atoms with Gasteiger partial charge in [0.1, 0.15) is 11.6 Å². The second-order valence-corrected chi connectivity index (χ2v) is 5.81. The lowest BCUT2D eigenvalue weighted by Crippen LogP contribution is -2.38. The quantitative estimate of drug-likeness (QED) is 0.882. The molecule has 2 atom stereocenters. The van der Waals surface area contributed by atoms with Crippen molar-refractivity contribution in [1.82, 2.24) is 0 Å². The standard InChI is InChI=1S/C15H21F2NO/c1-15(6-2-3-7-15)14(19)12(9-18)11-5-4-10(16)8-13(11)17/h4-5,8,12,14,19H,2-3,6-7,9,18H2,1H3. The summed E-state index contributed by atoms with van der Waals surface area (Å²) in [5.41, 5.74) is 5.81. The molecule has 0 bridgehead atoms. The Labute approximate surface area is 112 Å². The normalized spacial score (nSPS) is 21.3. The van der Waals surface area contributed by atoms with Gasteiger partial charge in [-0.1, -0.05) is 25.8 Å². The summed E-state index contributed by atoms with van der Waals surface area (Å²) in [7, 11) is 0. The zero-order valence-electron chi connectivity index (χ0n) is 11.2. The molecule has 0 aromatic heterocycles. The van der Waals surface area contributed by atoms with Gasteiger partial charge in [0.15, 0.2) is 0 Å². The molecular weight excluding hydrogens is 248 g/mol. The predicted octanol–water partition coefficient (Wildman–Crippen LogP) is 2.95. The molecule has 1 aromatic rings. The molecule has 0 radical (unpaired) electrons. The van der Waals surface area contributed by atoms with E-state index in [1.165, 1.54) is 12.1 Å². The number of aliphatic hydroxyl groups is 1. The summed E-state index contributed by atoms with van der Waals surface area (Å²) in [5, 5.41) is 10.6. The summed E-state index contributed by atoms with van der Waals surface area (Å²) < 4.78 is 26.8. The molecule has 1 aliphatic rings. The minimum atomic E-state index is -0.694. The molecule has 0 spiro atoms. The number of hydrogen-bond donors (Lipinski definition) is 2. The first kappa shape index (κ1) is 14.4. The topological polar surface area (TPSA) is 46.2 Å². The maximum atomic E-state index is 13.9. The second kappa shape index (κ2) is 5.55. The second-order valence-electron chi connectivity index (χ2n) is 5.81. The fourth-order valence-electron chi connectivity index (χ4n) is 3.19. The lowest BCUT2D eigenvalue weighted by molar-refractivity contribution is 0.0204. The molecule has 1 fully saturated rings. The van der Waals surface area contributed by atoms with Crippen molar-refractivity contribution < 1.29 is 13.9 Å². The maximum Gasteiger partial charge on any atom is 0.129 e. The van der Waals surface area contributed by atoms with Gasteiger partial charge in [0, 0.05) is 18.5 Å². The molecule has 1 aromatic carbocycles. The predicted molar refractivity (Wildman–Crippen MR) is 70.7 cm³/mol. The number of nitrogens with two attached hydrogens (primary N) is 1. The van der Waals surface area contributed by atoms with Crippen LogP contribution in [0.25, 0.3) is 0 Å². The van der Waals surface area contributed by atoms with Crippen LogP contribution in [0, 0.1) is 17.0 Å². The highest BCUT2D eigenvalue weighted by Crippen LogP contribution is 2.45. The molecule has 0 aliphatic heterocycles. The Kier molecular flexibility index (Phi) is 4.21. The van der Waals surface area contributed by atoms with Crippen molar-refractivity contribution in [2.24, 2.45) is 11.1 Å². The molecule has 1 saturated carbocycles. The fraction of sp³-hybridized carbons (Fsp3) is 0.600. The molecule has 2 unspecified atom stereocenters. The Morgan fingerprint density at radius 3 is 2.47 bits per heavy atom. The summed E-state index contributed by atoms with van der Waals surface area (Å²) in [4.78, 5) is 0. The molecule has 1 aliphatic carbocycles. The van der Waals surface area contributed by atoms with Crippen LogP contribution in [-0.2, 0) is 0 Å². The monoisotopic (exact) mass is 269 g/mol. The van der Waals surface area contributed by atoms with E-state index in [-0.39, 0.29) is 12.0 Å². The lowest BCUT2D eigenvalue weighted by atomic mass is 9.74. The van der Waals surface area contributed by atoms with Crippen LogP contribution in [0.4, 0.5) is 8.78 Å². The van der Waals surface area contributed by atoms with Crippen LogP contribution in [0.15, 0.2) is 18.2 Å². The van der Waals surface area contributed by atoms with Crippen LogP contribution in [0.1, 0.15) is 44.1 Å². The summed E-state index contributed by atoms with van der Waals surface area (Å²) in [5.74, 6) is -1.72. The first-order valence-corrected chi connectivity index (χ1v) is 6.81. The number of rotatable bonds is 4. The smallest absolute Gasteiger partial charge is 0.129 e. The number of benzene rings is 1. The molecule has 4 heteroatoms. The van der Waals surface area contributed by atoms with E-state index in [1.54, 1.807) is 0 Å². The molecular formula is C15H21F2NO. The van der Waals surface area contributed by atoms with Crippen LogP contribution in [0.5, 0.6) is 0 Å². The highest BCUT2D eigenvalue weighted by Gasteiger charge is 2.40. The van der Waals surface area contributed by atoms with Gasteiger partial charge in [0.2, 0.25) is 0 Å². The van der Waals surface area contributed by atoms with E-state index < -0.39 is 23.7 Å². The summed E-state index contributed by atoms with van der Waals surface area (Å²) in [6.45, 7) is 2.17. The van der Waals surface area contributed by atoms with E-state index >= 15 is 0 Å². The third-order valence-electron chi connectivity index (χ3n) is 4.46. The van der Waals surface area contributed by atoms with Gasteiger partial charge >= 0.3 is 0 Å². The van der Waals surface area contributed by atoms with Crippen LogP contribution in [0.2, 0.25) is 0 Å². The number of hydrogen-bond acceptors (Lipinski definition) is 2. The van der Waals surface area contributed by atoms with E-state index in [0.717, 1.165) is 31.7 Å². The average Bonchev–Trinajstić information content (AvgIpc) is 2.81. The molecule has 0 heterocycles. The average molecular weight is 269 g/mol. The SMILES string of the molecule is CC1(C(O)C(CN)c2ccc(F)cc2F)CCCC1. The minimum absolute atomic E-state index is 0.152. The van der Waals surface area contributed by atoms with Gasteiger partial charge in [-0.15, -0.1) is 0 Å². The van der Waals surface area contributed by atoms with Crippen molar-refractivity contribution >= 4 is 0 Å². The molecule has 2 nitrogen and oxygen atoms in total. The van der Waals surface area contributed by atoms with Crippen LogP contribution >= 0.6 is 0 Å². The zero-order chi connectivity index (χ0) is 14.0. The van der Waals surface area contributed by atoms with Gasteiger partial charge in [0.25, 0.3) is 0 Å². The molecule has 2 rings (SSSR count). The first-order chi connectivity index (χ1) is 8.98. The van der Waals surface area contributed by atoms with Crippen molar-refractivity contribution in [2.75, 3.05) is 6.54 Å². The lowest BCUT2D eigenvalue weighted by Gasteiger charge is -2.35. The van der Waals surface area contributed by atoms with Crippen LogP contribution < -0.4 is 5.73 Å². The van der Waals surface area contributed by atoms with Gasteiger partial charge < -0.3 is 10.8 Å². The van der Waals surface area contributed by atoms with Crippen molar-refractivity contribution in [3.8, 4) is 0 Å². The van der Waals surface area contributed by atoms with E-state index in [1.807, 2.05) is 6.92 Å². The summed E-state index contributed by atoms with van der Waals surface area (Å²) in [6, 6.07) is 3.45. The van der Waals surface area contributed by atoms with Gasteiger partial charge in [-0.2, -0.15) is 0 Å². The Balaban J connectivity index is 2.28. The van der Waals surface area contributed by atoms with E-state index in [2.05, 4.69) is 0 Å². The molecule has 3 N–H and O–H groups in total. The van der Waals surface area contributed by atoms with Crippen LogP contribution in [0.3, 0.4) is 0 Å². The molecule has 19 heavy (non-hydrogen) atoms. The zero-order valence-corrected chi connectivity index (χ0v) is 11.2. The van der Waals surface area contributed by atoms with Gasteiger partial charge in [-0.25, -0.2) is 8.78 Å². The van der Waals surface area contributed by atoms with E-state index in [0.29, 0.717) is 5.56 Å². The largest absolute Gasteiger partial charge is 0.392 e.